The van der Waals surface area contributed by atoms with Crippen LogP contribution >= 0.6 is 0 Å². The van der Waals surface area contributed by atoms with E-state index in [2.05, 4.69) is 5.32 Å². The van der Waals surface area contributed by atoms with E-state index in [9.17, 15) is 10.1 Å². The highest BCUT2D eigenvalue weighted by atomic mass is 16.6. The second kappa shape index (κ2) is 6.85. The molecule has 1 aromatic rings. The minimum atomic E-state index is -0.360. The summed E-state index contributed by atoms with van der Waals surface area (Å²) >= 11 is 0. The van der Waals surface area contributed by atoms with Crippen molar-refractivity contribution in [1.29, 1.82) is 0 Å². The Morgan fingerprint density at radius 3 is 2.88 bits per heavy atom. The van der Waals surface area contributed by atoms with Crippen LogP contribution in [0.25, 0.3) is 0 Å². The van der Waals surface area contributed by atoms with E-state index in [1.165, 1.54) is 6.07 Å². The van der Waals surface area contributed by atoms with Gasteiger partial charge in [-0.2, -0.15) is 0 Å². The van der Waals surface area contributed by atoms with Gasteiger partial charge in [-0.15, -0.1) is 0 Å². The Kier molecular flexibility index (Phi) is 5.42. The van der Waals surface area contributed by atoms with Crippen molar-refractivity contribution in [1.82, 2.24) is 0 Å². The van der Waals surface area contributed by atoms with Crippen LogP contribution in [0.2, 0.25) is 0 Å². The molecular formula is C12H18N2O3. The highest BCUT2D eigenvalue weighted by molar-refractivity contribution is 5.59. The number of nitro groups is 1. The summed E-state index contributed by atoms with van der Waals surface area (Å²) in [6, 6.07) is 5.06. The lowest BCUT2D eigenvalue weighted by molar-refractivity contribution is -0.385. The Labute approximate surface area is 101 Å². The third kappa shape index (κ3) is 4.03. The summed E-state index contributed by atoms with van der Waals surface area (Å²) in [5, 5.41) is 13.9. The van der Waals surface area contributed by atoms with E-state index >= 15 is 0 Å². The normalized spacial score (nSPS) is 10.2. The van der Waals surface area contributed by atoms with Crippen LogP contribution in [0.4, 0.5) is 11.4 Å². The third-order valence-electron chi connectivity index (χ3n) is 2.49. The van der Waals surface area contributed by atoms with Crippen molar-refractivity contribution in [2.24, 2.45) is 0 Å². The number of hydrogen-bond donors (Lipinski definition) is 1. The van der Waals surface area contributed by atoms with Crippen molar-refractivity contribution in [3.8, 4) is 0 Å². The number of ether oxygens (including phenoxy) is 1. The molecule has 1 rings (SSSR count). The molecule has 0 aliphatic heterocycles. The second-order valence-electron chi connectivity index (χ2n) is 3.68. The van der Waals surface area contributed by atoms with E-state index in [1.807, 2.05) is 13.0 Å². The number of benzene rings is 1. The second-order valence-corrected chi connectivity index (χ2v) is 3.68. The summed E-state index contributed by atoms with van der Waals surface area (Å²) in [7, 11) is 0. The zero-order valence-corrected chi connectivity index (χ0v) is 10.2. The van der Waals surface area contributed by atoms with Gasteiger partial charge in [-0.3, -0.25) is 10.1 Å². The number of anilines is 1. The van der Waals surface area contributed by atoms with Crippen molar-refractivity contribution < 1.29 is 9.66 Å². The SMILES string of the molecule is CCOCCCNc1cccc([N+](=O)[O-])c1C. The number of hydrogen-bond acceptors (Lipinski definition) is 4. The Balaban J connectivity index is 2.54. The zero-order chi connectivity index (χ0) is 12.7. The quantitative estimate of drug-likeness (QED) is 0.450. The number of nitrogens with zero attached hydrogens (tertiary/aromatic N) is 1. The molecule has 5 nitrogen and oxygen atoms in total. The highest BCUT2D eigenvalue weighted by Gasteiger charge is 2.12. The van der Waals surface area contributed by atoms with Gasteiger partial charge < -0.3 is 10.1 Å². The fourth-order valence-electron chi connectivity index (χ4n) is 1.55. The predicted molar refractivity (Wildman–Crippen MR) is 67.4 cm³/mol. The molecule has 0 saturated heterocycles. The van der Waals surface area contributed by atoms with Gasteiger partial charge in [0, 0.05) is 37.1 Å². The van der Waals surface area contributed by atoms with Gasteiger partial charge in [0.05, 0.1) is 4.92 Å². The molecular weight excluding hydrogens is 220 g/mol. The van der Waals surface area contributed by atoms with E-state index in [1.54, 1.807) is 13.0 Å². The van der Waals surface area contributed by atoms with Gasteiger partial charge in [0.1, 0.15) is 0 Å². The molecule has 1 aromatic carbocycles. The summed E-state index contributed by atoms with van der Waals surface area (Å²) in [4.78, 5) is 10.4. The average molecular weight is 238 g/mol. The van der Waals surface area contributed by atoms with Gasteiger partial charge in [0.2, 0.25) is 0 Å². The monoisotopic (exact) mass is 238 g/mol. The molecule has 0 heterocycles. The predicted octanol–water partition coefficient (Wildman–Crippen LogP) is 2.74. The van der Waals surface area contributed by atoms with Gasteiger partial charge in [-0.25, -0.2) is 0 Å². The molecule has 0 atom stereocenters. The molecule has 5 heteroatoms. The molecule has 0 amide bonds. The van der Waals surface area contributed by atoms with Crippen LogP contribution in [0.5, 0.6) is 0 Å². The van der Waals surface area contributed by atoms with Gasteiger partial charge in [-0.1, -0.05) is 6.07 Å². The lowest BCUT2D eigenvalue weighted by Gasteiger charge is -2.09. The lowest BCUT2D eigenvalue weighted by atomic mass is 10.1. The first kappa shape index (κ1) is 13.4. The van der Waals surface area contributed by atoms with Crippen LogP contribution in [-0.4, -0.2) is 24.7 Å². The van der Waals surface area contributed by atoms with E-state index in [0.717, 1.165) is 25.3 Å². The third-order valence-corrected chi connectivity index (χ3v) is 2.49. The maximum atomic E-state index is 10.7. The molecule has 0 aliphatic rings. The van der Waals surface area contributed by atoms with E-state index in [4.69, 9.17) is 4.74 Å². The Bertz CT molecular complexity index is 380. The van der Waals surface area contributed by atoms with Crippen LogP contribution in [-0.2, 0) is 4.74 Å². The minimum Gasteiger partial charge on any atom is -0.385 e. The first-order valence-corrected chi connectivity index (χ1v) is 5.72. The number of nitrogens with one attached hydrogen (secondary N) is 1. The maximum absolute atomic E-state index is 10.7. The lowest BCUT2D eigenvalue weighted by Crippen LogP contribution is -2.07. The molecule has 0 bridgehead atoms. The fourth-order valence-corrected chi connectivity index (χ4v) is 1.55. The molecule has 1 N–H and O–H groups in total. The molecule has 0 radical (unpaired) electrons. The zero-order valence-electron chi connectivity index (χ0n) is 10.2. The van der Waals surface area contributed by atoms with Gasteiger partial charge >= 0.3 is 0 Å². The summed E-state index contributed by atoms with van der Waals surface area (Å²) in [5.74, 6) is 0. The number of rotatable bonds is 7. The van der Waals surface area contributed by atoms with Crippen LogP contribution in [0.3, 0.4) is 0 Å². The van der Waals surface area contributed by atoms with Crippen molar-refractivity contribution >= 4 is 11.4 Å². The van der Waals surface area contributed by atoms with Gasteiger partial charge in [0.15, 0.2) is 0 Å². The summed E-state index contributed by atoms with van der Waals surface area (Å²) < 4.78 is 5.22. The summed E-state index contributed by atoms with van der Waals surface area (Å²) in [6.07, 6.45) is 0.885. The van der Waals surface area contributed by atoms with Crippen LogP contribution < -0.4 is 5.32 Å². The average Bonchev–Trinajstić information content (AvgIpc) is 2.30. The summed E-state index contributed by atoms with van der Waals surface area (Å²) in [6.45, 7) is 5.89. The topological polar surface area (TPSA) is 64.4 Å². The van der Waals surface area contributed by atoms with Crippen LogP contribution in [0, 0.1) is 17.0 Å². The van der Waals surface area contributed by atoms with Crippen LogP contribution in [0.1, 0.15) is 18.9 Å². The molecule has 0 saturated carbocycles. The van der Waals surface area contributed by atoms with E-state index in [0.29, 0.717) is 12.2 Å². The number of nitro benzene ring substituents is 1. The molecule has 0 aliphatic carbocycles. The largest absolute Gasteiger partial charge is 0.385 e. The van der Waals surface area contributed by atoms with E-state index in [-0.39, 0.29) is 10.6 Å². The standard InChI is InChI=1S/C12H18N2O3/c1-3-17-9-5-8-13-11-6-4-7-12(10(11)2)14(15)16/h4,6-7,13H,3,5,8-9H2,1-2H3. The van der Waals surface area contributed by atoms with Crippen molar-refractivity contribution in [3.63, 3.8) is 0 Å². The Morgan fingerprint density at radius 2 is 2.24 bits per heavy atom. The van der Waals surface area contributed by atoms with Gasteiger partial charge in [-0.05, 0) is 26.3 Å². The first-order chi connectivity index (χ1) is 8.16. The molecule has 0 unspecified atom stereocenters. The van der Waals surface area contributed by atoms with Gasteiger partial charge in [0.25, 0.3) is 5.69 Å². The minimum absolute atomic E-state index is 0.153. The van der Waals surface area contributed by atoms with Crippen molar-refractivity contribution in [3.05, 3.63) is 33.9 Å². The molecule has 0 aromatic heterocycles. The molecule has 94 valence electrons. The fraction of sp³-hybridized carbons (Fsp3) is 0.500. The first-order valence-electron chi connectivity index (χ1n) is 5.72. The maximum Gasteiger partial charge on any atom is 0.274 e. The molecule has 0 fully saturated rings. The Morgan fingerprint density at radius 1 is 1.47 bits per heavy atom. The van der Waals surface area contributed by atoms with Crippen LogP contribution in [0.15, 0.2) is 18.2 Å². The smallest absolute Gasteiger partial charge is 0.274 e. The Hall–Kier alpha value is -1.62. The molecule has 0 spiro atoms. The van der Waals surface area contributed by atoms with Crippen molar-refractivity contribution in [2.75, 3.05) is 25.1 Å². The summed E-state index contributed by atoms with van der Waals surface area (Å²) in [5.41, 5.74) is 1.64. The van der Waals surface area contributed by atoms with E-state index < -0.39 is 0 Å². The molecule has 17 heavy (non-hydrogen) atoms. The highest BCUT2D eigenvalue weighted by Crippen LogP contribution is 2.24. The van der Waals surface area contributed by atoms with Crippen molar-refractivity contribution in [2.45, 2.75) is 20.3 Å².